The molecular weight excluding hydrogens is 491 g/mol. The van der Waals surface area contributed by atoms with E-state index in [1.165, 1.54) is 15.3 Å². The molecule has 0 amide bonds. The molecule has 0 aromatic carbocycles. The summed E-state index contributed by atoms with van der Waals surface area (Å²) in [5.74, 6) is 0. The summed E-state index contributed by atoms with van der Waals surface area (Å²) in [4.78, 5) is 0. The van der Waals surface area contributed by atoms with Crippen molar-refractivity contribution in [2.75, 3.05) is 8.86 Å². The van der Waals surface area contributed by atoms with Crippen molar-refractivity contribution in [3.63, 3.8) is 0 Å². The molecule has 4 heteroatoms. The molecule has 2 unspecified atom stereocenters. The summed E-state index contributed by atoms with van der Waals surface area (Å²) in [6.45, 7) is 4.56. The maximum atomic E-state index is 6.13. The molecule has 0 aliphatic heterocycles. The van der Waals surface area contributed by atoms with Gasteiger partial charge in [-0.1, -0.05) is 0 Å². The Labute approximate surface area is 110 Å². The van der Waals surface area contributed by atoms with Crippen LogP contribution in [0, 0.1) is 5.41 Å². The molecule has 0 aromatic rings. The summed E-state index contributed by atoms with van der Waals surface area (Å²) < 4.78 is 2.60. The molecule has 2 N–H and O–H groups in total. The summed E-state index contributed by atoms with van der Waals surface area (Å²) in [5.41, 5.74) is 6.56. The van der Waals surface area contributed by atoms with Crippen molar-refractivity contribution < 1.29 is 17.2 Å². The van der Waals surface area contributed by atoms with E-state index in [9.17, 15) is 0 Å². The number of alkyl halides is 2. The third kappa shape index (κ3) is 4.59. The van der Waals surface area contributed by atoms with E-state index in [0.717, 1.165) is 6.42 Å². The normalized spacial score (nSPS) is 19.1. The van der Waals surface area contributed by atoms with Crippen LogP contribution in [0.1, 0.15) is 26.7 Å². The van der Waals surface area contributed by atoms with Crippen molar-refractivity contribution in [1.82, 2.24) is 0 Å². The van der Waals surface area contributed by atoms with Crippen molar-refractivity contribution in [3.05, 3.63) is 0 Å². The molecule has 0 heterocycles. The van der Waals surface area contributed by atoms with E-state index >= 15 is 0 Å². The van der Waals surface area contributed by atoms with Gasteiger partial charge in [0.2, 0.25) is 0 Å². The molecule has 0 fully saturated rings. The van der Waals surface area contributed by atoms with Gasteiger partial charge in [-0.05, 0) is 0 Å². The molecule has 1 nitrogen and oxygen atoms in total. The van der Waals surface area contributed by atoms with E-state index in [1.54, 1.807) is 0 Å². The Hall–Kier alpha value is 2.15. The van der Waals surface area contributed by atoms with Gasteiger partial charge in [-0.25, -0.2) is 0 Å². The fourth-order valence-corrected chi connectivity index (χ4v) is 8.43. The van der Waals surface area contributed by atoms with Crippen LogP contribution in [0.3, 0.4) is 0 Å². The van der Waals surface area contributed by atoms with E-state index in [-0.39, 0.29) is 0 Å². The molecule has 0 aromatic heterocycles. The predicted octanol–water partition coefficient (Wildman–Crippen LogP) is -0.00590. The van der Waals surface area contributed by atoms with Crippen molar-refractivity contribution in [2.45, 2.75) is 32.7 Å². The Bertz CT molecular complexity index is 113. The average molecular weight is 508 g/mol. The Morgan fingerprint density at radius 1 is 1.58 bits per heavy atom. The van der Waals surface area contributed by atoms with E-state index in [1.807, 2.05) is 0 Å². The van der Waals surface area contributed by atoms with Crippen LogP contribution in [0.25, 0.3) is 0 Å². The Morgan fingerprint density at radius 3 is 2.50 bits per heavy atom. The second-order valence-corrected chi connectivity index (χ2v) is 9.63. The van der Waals surface area contributed by atoms with E-state index in [0.29, 0.717) is 28.7 Å². The van der Waals surface area contributed by atoms with Gasteiger partial charge in [0.05, 0.1) is 0 Å². The molecular formula is C8H17I3N-. The molecule has 0 saturated heterocycles. The maximum absolute atomic E-state index is 6.13. The summed E-state index contributed by atoms with van der Waals surface area (Å²) in [5, 5.41) is 0. The molecule has 0 aliphatic rings. The van der Waals surface area contributed by atoms with Gasteiger partial charge < -0.3 is 0 Å². The predicted molar refractivity (Wildman–Crippen MR) is 68.8 cm³/mol. The zero-order valence-electron chi connectivity index (χ0n) is 7.62. The van der Waals surface area contributed by atoms with Crippen molar-refractivity contribution in [1.29, 1.82) is 0 Å². The summed E-state index contributed by atoms with van der Waals surface area (Å²) in [6.07, 6.45) is 2.40. The molecule has 76 valence electrons. The monoisotopic (exact) mass is 508 g/mol. The third-order valence-electron chi connectivity index (χ3n) is 2.36. The van der Waals surface area contributed by atoms with Gasteiger partial charge in [0, 0.05) is 0 Å². The number of rotatable bonds is 6. The van der Waals surface area contributed by atoms with Crippen LogP contribution in [-0.4, -0.2) is 14.9 Å². The Morgan fingerprint density at radius 2 is 2.17 bits per heavy atom. The topological polar surface area (TPSA) is 26.0 Å². The SMILES string of the molecule is CCC(N)C(C)(CCI)C[I-]I. The van der Waals surface area contributed by atoms with Crippen LogP contribution in [0.4, 0.5) is 0 Å². The first-order chi connectivity index (χ1) is 5.60. The minimum absolute atomic E-state index is 0.352. The van der Waals surface area contributed by atoms with Crippen LogP contribution < -0.4 is 23.0 Å². The van der Waals surface area contributed by atoms with Crippen molar-refractivity contribution in [3.8, 4) is 0 Å². The van der Waals surface area contributed by atoms with Gasteiger partial charge in [-0.15, -0.1) is 0 Å². The molecule has 0 aliphatic carbocycles. The summed E-state index contributed by atoms with van der Waals surface area (Å²) >= 11 is 5.36. The van der Waals surface area contributed by atoms with Gasteiger partial charge in [-0.2, -0.15) is 0 Å². The van der Waals surface area contributed by atoms with Crippen LogP contribution in [0.15, 0.2) is 0 Å². The van der Waals surface area contributed by atoms with Crippen LogP contribution >= 0.6 is 41.2 Å². The zero-order valence-corrected chi connectivity index (χ0v) is 14.1. The Kier molecular flexibility index (Phi) is 8.78. The number of halogens is 3. The number of hydrogen-bond acceptors (Lipinski definition) is 1. The van der Waals surface area contributed by atoms with Gasteiger partial charge in [0.1, 0.15) is 0 Å². The van der Waals surface area contributed by atoms with Gasteiger partial charge in [0.15, 0.2) is 0 Å². The first-order valence-electron chi connectivity index (χ1n) is 4.12. The molecule has 0 spiro atoms. The number of hydrogen-bond donors (Lipinski definition) is 1. The molecule has 0 radical (unpaired) electrons. The first kappa shape index (κ1) is 14.2. The summed E-state index contributed by atoms with van der Waals surface area (Å²) in [6, 6.07) is 0.404. The van der Waals surface area contributed by atoms with Crippen molar-refractivity contribution in [2.24, 2.45) is 11.1 Å². The zero-order chi connectivity index (χ0) is 9.61. The molecule has 0 bridgehead atoms. The first-order valence-corrected chi connectivity index (χ1v) is 13.5. The molecule has 0 rings (SSSR count). The van der Waals surface area contributed by atoms with Crippen LogP contribution in [-0.2, 0) is 0 Å². The van der Waals surface area contributed by atoms with Gasteiger partial charge >= 0.3 is 111 Å². The quantitative estimate of drug-likeness (QED) is 0.397. The average Bonchev–Trinajstić information content (AvgIpc) is 2.04. The van der Waals surface area contributed by atoms with Gasteiger partial charge in [0.25, 0.3) is 0 Å². The molecule has 2 atom stereocenters. The fourth-order valence-electron chi connectivity index (χ4n) is 1.18. The van der Waals surface area contributed by atoms with Crippen LogP contribution in [0.2, 0.25) is 0 Å². The third-order valence-corrected chi connectivity index (χ3v) is 6.86. The fraction of sp³-hybridized carbons (Fsp3) is 1.00. The number of nitrogens with two attached hydrogens (primary N) is 1. The van der Waals surface area contributed by atoms with Gasteiger partial charge in [-0.3, -0.25) is 0 Å². The summed E-state index contributed by atoms with van der Waals surface area (Å²) in [7, 11) is 0. The van der Waals surface area contributed by atoms with E-state index in [2.05, 4.69) is 55.1 Å². The van der Waals surface area contributed by atoms with Crippen molar-refractivity contribution >= 4 is 41.2 Å². The molecule has 12 heavy (non-hydrogen) atoms. The van der Waals surface area contributed by atoms with E-state index in [4.69, 9.17) is 5.73 Å². The second kappa shape index (κ2) is 7.44. The molecule has 0 saturated carbocycles. The standard InChI is InChI=1S/C8H17I3N/c1-3-7(12)8(2,4-5-9)6-11-10/h7H,3-6,12H2,1-2H3/q-1. The second-order valence-electron chi connectivity index (χ2n) is 3.34. The van der Waals surface area contributed by atoms with Crippen LogP contribution in [0.5, 0.6) is 0 Å². The minimum atomic E-state index is 0.352. The Balaban J connectivity index is 4.15. The van der Waals surface area contributed by atoms with E-state index < -0.39 is 0 Å².